The summed E-state index contributed by atoms with van der Waals surface area (Å²) >= 11 is 0. The summed E-state index contributed by atoms with van der Waals surface area (Å²) < 4.78 is 17.8. The van der Waals surface area contributed by atoms with Crippen molar-refractivity contribution in [2.45, 2.75) is 13.0 Å². The van der Waals surface area contributed by atoms with Crippen LogP contribution in [0.3, 0.4) is 0 Å². The van der Waals surface area contributed by atoms with Crippen molar-refractivity contribution in [2.24, 2.45) is 0 Å². The molecule has 24 heavy (non-hydrogen) atoms. The van der Waals surface area contributed by atoms with Gasteiger partial charge in [0.25, 0.3) is 11.6 Å². The van der Waals surface area contributed by atoms with Crippen LogP contribution < -0.4 is 5.32 Å². The molecule has 0 saturated heterocycles. The molecule has 0 fully saturated rings. The van der Waals surface area contributed by atoms with Crippen LogP contribution >= 0.6 is 0 Å². The maximum absolute atomic E-state index is 12.8. The van der Waals surface area contributed by atoms with Crippen molar-refractivity contribution < 1.29 is 23.6 Å². The minimum Gasteiger partial charge on any atom is -0.449 e. The van der Waals surface area contributed by atoms with Gasteiger partial charge in [-0.05, 0) is 37.3 Å². The molecular weight excluding hydrogens is 319 g/mol. The highest BCUT2D eigenvalue weighted by Crippen LogP contribution is 2.17. The van der Waals surface area contributed by atoms with Gasteiger partial charge in [-0.15, -0.1) is 0 Å². The molecule has 0 radical (unpaired) electrons. The van der Waals surface area contributed by atoms with Gasteiger partial charge in [-0.1, -0.05) is 6.07 Å². The second-order valence-corrected chi connectivity index (χ2v) is 4.85. The zero-order chi connectivity index (χ0) is 17.7. The number of carbonyl (C=O) groups excluding carboxylic acids is 2. The molecule has 1 amide bonds. The number of carbonyl (C=O) groups is 2. The Labute approximate surface area is 136 Å². The zero-order valence-electron chi connectivity index (χ0n) is 12.6. The topological polar surface area (TPSA) is 98.5 Å². The normalized spacial score (nSPS) is 11.4. The van der Waals surface area contributed by atoms with E-state index in [1.165, 1.54) is 43.3 Å². The maximum Gasteiger partial charge on any atom is 0.338 e. The Kier molecular flexibility index (Phi) is 5.20. The summed E-state index contributed by atoms with van der Waals surface area (Å²) in [5, 5.41) is 13.1. The predicted octanol–water partition coefficient (Wildman–Crippen LogP) is 2.92. The SMILES string of the molecule is C[C@@H](OC(=O)c1ccc(F)cc1)C(=O)Nc1cccc([N+](=O)[O-])c1. The third-order valence-electron chi connectivity index (χ3n) is 3.06. The molecule has 1 atom stereocenters. The third-order valence-corrected chi connectivity index (χ3v) is 3.06. The molecule has 2 rings (SSSR count). The van der Waals surface area contributed by atoms with Gasteiger partial charge in [-0.2, -0.15) is 0 Å². The zero-order valence-corrected chi connectivity index (χ0v) is 12.6. The lowest BCUT2D eigenvalue weighted by atomic mass is 10.2. The van der Waals surface area contributed by atoms with Crippen LogP contribution in [0.2, 0.25) is 0 Å². The number of hydrogen-bond acceptors (Lipinski definition) is 5. The Hall–Kier alpha value is -3.29. The van der Waals surface area contributed by atoms with E-state index >= 15 is 0 Å². The number of nitrogens with zero attached hydrogens (tertiary/aromatic N) is 1. The number of rotatable bonds is 5. The fraction of sp³-hybridized carbons (Fsp3) is 0.125. The average molecular weight is 332 g/mol. The summed E-state index contributed by atoms with van der Waals surface area (Å²) in [5.74, 6) is -1.93. The molecule has 124 valence electrons. The Morgan fingerprint density at radius 1 is 1.21 bits per heavy atom. The molecule has 0 aliphatic carbocycles. The van der Waals surface area contributed by atoms with Crippen LogP contribution in [0.25, 0.3) is 0 Å². The van der Waals surface area contributed by atoms with Crippen LogP contribution in [-0.2, 0) is 9.53 Å². The molecule has 0 unspecified atom stereocenters. The lowest BCUT2D eigenvalue weighted by Crippen LogP contribution is -2.30. The maximum atomic E-state index is 12.8. The van der Waals surface area contributed by atoms with E-state index in [1.807, 2.05) is 0 Å². The van der Waals surface area contributed by atoms with Crippen LogP contribution in [-0.4, -0.2) is 22.9 Å². The summed E-state index contributed by atoms with van der Waals surface area (Å²) in [7, 11) is 0. The van der Waals surface area contributed by atoms with Crippen LogP contribution in [0.15, 0.2) is 48.5 Å². The van der Waals surface area contributed by atoms with Crippen molar-refractivity contribution in [3.05, 3.63) is 70.0 Å². The number of nitro benzene ring substituents is 1. The van der Waals surface area contributed by atoms with E-state index in [9.17, 15) is 24.1 Å². The van der Waals surface area contributed by atoms with Crippen molar-refractivity contribution in [3.8, 4) is 0 Å². The molecule has 0 spiro atoms. The van der Waals surface area contributed by atoms with E-state index in [4.69, 9.17) is 4.74 Å². The second kappa shape index (κ2) is 7.32. The summed E-state index contributed by atoms with van der Waals surface area (Å²) in [6.07, 6.45) is -1.14. The number of non-ortho nitro benzene ring substituents is 1. The van der Waals surface area contributed by atoms with Crippen molar-refractivity contribution in [1.82, 2.24) is 0 Å². The minimum atomic E-state index is -1.14. The minimum absolute atomic E-state index is 0.103. The Morgan fingerprint density at radius 2 is 1.88 bits per heavy atom. The van der Waals surface area contributed by atoms with Gasteiger partial charge in [0, 0.05) is 17.8 Å². The van der Waals surface area contributed by atoms with Crippen molar-refractivity contribution >= 4 is 23.3 Å². The number of benzene rings is 2. The number of hydrogen-bond donors (Lipinski definition) is 1. The first-order chi connectivity index (χ1) is 11.4. The molecule has 2 aromatic carbocycles. The van der Waals surface area contributed by atoms with E-state index < -0.39 is 28.7 Å². The van der Waals surface area contributed by atoms with Crippen molar-refractivity contribution in [2.75, 3.05) is 5.32 Å². The number of amides is 1. The first-order valence-electron chi connectivity index (χ1n) is 6.88. The van der Waals surface area contributed by atoms with E-state index in [1.54, 1.807) is 0 Å². The van der Waals surface area contributed by atoms with Gasteiger partial charge >= 0.3 is 5.97 Å². The van der Waals surface area contributed by atoms with E-state index in [-0.39, 0.29) is 16.9 Å². The quantitative estimate of drug-likeness (QED) is 0.515. The number of nitrogens with one attached hydrogen (secondary N) is 1. The average Bonchev–Trinajstić information content (AvgIpc) is 2.55. The third kappa shape index (κ3) is 4.35. The molecule has 0 aromatic heterocycles. The Bertz CT molecular complexity index is 776. The second-order valence-electron chi connectivity index (χ2n) is 4.85. The molecule has 2 aromatic rings. The van der Waals surface area contributed by atoms with Crippen molar-refractivity contribution in [1.29, 1.82) is 0 Å². The number of nitro groups is 1. The molecule has 0 aliphatic rings. The molecule has 7 nitrogen and oxygen atoms in total. The molecule has 0 aliphatic heterocycles. The van der Waals surface area contributed by atoms with Crippen molar-refractivity contribution in [3.63, 3.8) is 0 Å². The highest BCUT2D eigenvalue weighted by molar-refractivity contribution is 5.97. The van der Waals surface area contributed by atoms with Gasteiger partial charge in [0.05, 0.1) is 10.5 Å². The summed E-state index contributed by atoms with van der Waals surface area (Å²) in [6, 6.07) is 10.0. The first kappa shape index (κ1) is 17.1. The standard InChI is InChI=1S/C16H13FN2O5/c1-10(24-16(21)11-5-7-12(17)8-6-11)15(20)18-13-3-2-4-14(9-13)19(22)23/h2-10H,1H3,(H,18,20)/t10-/m1/s1. The lowest BCUT2D eigenvalue weighted by molar-refractivity contribution is -0.384. The number of esters is 1. The fourth-order valence-corrected chi connectivity index (χ4v) is 1.81. The summed E-state index contributed by atoms with van der Waals surface area (Å²) in [6.45, 7) is 1.36. The molecule has 8 heteroatoms. The first-order valence-corrected chi connectivity index (χ1v) is 6.88. The molecular formula is C16H13FN2O5. The van der Waals surface area contributed by atoms with Gasteiger partial charge in [-0.3, -0.25) is 14.9 Å². The summed E-state index contributed by atoms with van der Waals surface area (Å²) in [5.41, 5.74) is 0.133. The number of ether oxygens (including phenoxy) is 1. The largest absolute Gasteiger partial charge is 0.449 e. The monoisotopic (exact) mass is 332 g/mol. The fourth-order valence-electron chi connectivity index (χ4n) is 1.81. The van der Waals surface area contributed by atoms with Crippen LogP contribution in [0, 0.1) is 15.9 Å². The van der Waals surface area contributed by atoms with Gasteiger partial charge in [0.2, 0.25) is 0 Å². The van der Waals surface area contributed by atoms with Crippen LogP contribution in [0.5, 0.6) is 0 Å². The van der Waals surface area contributed by atoms with Crippen LogP contribution in [0.4, 0.5) is 15.8 Å². The van der Waals surface area contributed by atoms with E-state index in [0.29, 0.717) is 0 Å². The Morgan fingerprint density at radius 3 is 2.50 bits per heavy atom. The number of halogens is 1. The van der Waals surface area contributed by atoms with E-state index in [2.05, 4.69) is 5.32 Å². The summed E-state index contributed by atoms with van der Waals surface area (Å²) in [4.78, 5) is 34.0. The van der Waals surface area contributed by atoms with Gasteiger partial charge in [0.15, 0.2) is 6.10 Å². The van der Waals surface area contributed by atoms with Gasteiger partial charge in [-0.25, -0.2) is 9.18 Å². The molecule has 0 bridgehead atoms. The van der Waals surface area contributed by atoms with Gasteiger partial charge < -0.3 is 10.1 Å². The Balaban J connectivity index is 1.99. The van der Waals surface area contributed by atoms with Gasteiger partial charge in [0.1, 0.15) is 5.82 Å². The van der Waals surface area contributed by atoms with E-state index in [0.717, 1.165) is 12.1 Å². The number of anilines is 1. The smallest absolute Gasteiger partial charge is 0.338 e. The lowest BCUT2D eigenvalue weighted by Gasteiger charge is -2.13. The van der Waals surface area contributed by atoms with Crippen LogP contribution in [0.1, 0.15) is 17.3 Å². The molecule has 0 heterocycles. The molecule has 1 N–H and O–H groups in total. The predicted molar refractivity (Wildman–Crippen MR) is 83.0 cm³/mol. The highest BCUT2D eigenvalue weighted by Gasteiger charge is 2.19. The molecule has 0 saturated carbocycles. The highest BCUT2D eigenvalue weighted by atomic mass is 19.1.